The number of carboxylic acids is 1. The van der Waals surface area contributed by atoms with Gasteiger partial charge in [-0.05, 0) is 24.4 Å². The van der Waals surface area contributed by atoms with E-state index in [0.29, 0.717) is 10.7 Å². The van der Waals surface area contributed by atoms with Crippen LogP contribution in [0.5, 0.6) is 0 Å². The van der Waals surface area contributed by atoms with Gasteiger partial charge in [0, 0.05) is 13.6 Å². The van der Waals surface area contributed by atoms with Gasteiger partial charge in [-0.25, -0.2) is 4.79 Å². The van der Waals surface area contributed by atoms with Crippen molar-refractivity contribution in [2.45, 2.75) is 20.8 Å². The molecular weight excluding hydrogens is 266 g/mol. The minimum Gasteiger partial charge on any atom is -0.478 e. The smallest absolute Gasteiger partial charge is 0.340 e. The van der Waals surface area contributed by atoms with E-state index in [4.69, 9.17) is 5.73 Å². The zero-order valence-corrected chi connectivity index (χ0v) is 12.3. The van der Waals surface area contributed by atoms with Crippen molar-refractivity contribution in [2.24, 2.45) is 17.6 Å². The Morgan fingerprint density at radius 3 is 2.47 bits per heavy atom. The van der Waals surface area contributed by atoms with Gasteiger partial charge in [0.05, 0.1) is 11.6 Å². The molecule has 0 radical (unpaired) electrons. The van der Waals surface area contributed by atoms with Gasteiger partial charge in [-0.2, -0.15) is 4.37 Å². The Balaban J connectivity index is 3.10. The minimum absolute atomic E-state index is 0.0837. The van der Waals surface area contributed by atoms with Gasteiger partial charge in [-0.15, -0.1) is 0 Å². The Bertz CT molecular complexity index is 485. The molecule has 0 aliphatic heterocycles. The molecule has 0 aromatic carbocycles. The van der Waals surface area contributed by atoms with Gasteiger partial charge in [0.1, 0.15) is 10.6 Å². The highest BCUT2D eigenvalue weighted by molar-refractivity contribution is 7.11. The van der Waals surface area contributed by atoms with Gasteiger partial charge in [0.15, 0.2) is 0 Å². The molecule has 0 fully saturated rings. The summed E-state index contributed by atoms with van der Waals surface area (Å²) in [6, 6.07) is 0. The number of nitrogens with zero attached hydrogens (tertiary/aromatic N) is 2. The van der Waals surface area contributed by atoms with Gasteiger partial charge in [-0.3, -0.25) is 4.79 Å². The number of carboxylic acid groups (broad SMARTS) is 1. The Kier molecular flexibility index (Phi) is 5.02. The summed E-state index contributed by atoms with van der Waals surface area (Å²) in [6.45, 7) is 5.68. The molecule has 0 aliphatic carbocycles. The highest BCUT2D eigenvalue weighted by Crippen LogP contribution is 2.29. The maximum Gasteiger partial charge on any atom is 0.340 e. The van der Waals surface area contributed by atoms with Crippen LogP contribution in [0.3, 0.4) is 0 Å². The molecule has 3 N–H and O–H groups in total. The second-order valence-corrected chi connectivity index (χ2v) is 5.49. The number of aromatic nitrogens is 1. The number of carbonyl (C=O) groups excluding carboxylic acids is 1. The van der Waals surface area contributed by atoms with Gasteiger partial charge >= 0.3 is 5.97 Å². The lowest BCUT2D eigenvalue weighted by molar-refractivity contribution is -0.123. The zero-order valence-electron chi connectivity index (χ0n) is 11.5. The minimum atomic E-state index is -1.07. The number of rotatable bonds is 5. The van der Waals surface area contributed by atoms with Crippen molar-refractivity contribution in [3.05, 3.63) is 11.3 Å². The van der Waals surface area contributed by atoms with Crippen LogP contribution in [0.15, 0.2) is 0 Å². The fourth-order valence-corrected chi connectivity index (χ4v) is 2.69. The largest absolute Gasteiger partial charge is 0.478 e. The Hall–Kier alpha value is -1.47. The lowest BCUT2D eigenvalue weighted by atomic mass is 9.94. The predicted octanol–water partition coefficient (Wildman–Crippen LogP) is 1.34. The number of nitrogens with two attached hydrogens (primary N) is 1. The van der Waals surface area contributed by atoms with E-state index in [1.807, 2.05) is 13.8 Å². The third-order valence-corrected chi connectivity index (χ3v) is 4.09. The first-order chi connectivity index (χ1) is 8.81. The molecule has 1 amide bonds. The van der Waals surface area contributed by atoms with Crippen LogP contribution in [0.25, 0.3) is 0 Å². The van der Waals surface area contributed by atoms with E-state index in [-0.39, 0.29) is 29.9 Å². The van der Waals surface area contributed by atoms with Gasteiger partial charge < -0.3 is 15.7 Å². The molecule has 0 aliphatic rings. The maximum atomic E-state index is 12.3. The van der Waals surface area contributed by atoms with E-state index < -0.39 is 5.97 Å². The topological polar surface area (TPSA) is 96.5 Å². The molecule has 0 saturated heterocycles. The molecule has 1 rings (SSSR count). The van der Waals surface area contributed by atoms with E-state index in [0.717, 1.165) is 11.5 Å². The van der Waals surface area contributed by atoms with Crippen LogP contribution >= 0.6 is 11.5 Å². The molecule has 106 valence electrons. The van der Waals surface area contributed by atoms with Crippen molar-refractivity contribution in [3.63, 3.8) is 0 Å². The molecule has 1 aromatic rings. The van der Waals surface area contributed by atoms with E-state index in [1.165, 1.54) is 4.90 Å². The van der Waals surface area contributed by atoms with Crippen molar-refractivity contribution < 1.29 is 14.7 Å². The average Bonchev–Trinajstić information content (AvgIpc) is 2.70. The van der Waals surface area contributed by atoms with Crippen LogP contribution < -0.4 is 10.6 Å². The summed E-state index contributed by atoms with van der Waals surface area (Å²) in [5.74, 6) is -1.48. The summed E-state index contributed by atoms with van der Waals surface area (Å²) in [4.78, 5) is 24.9. The summed E-state index contributed by atoms with van der Waals surface area (Å²) in [5.41, 5.74) is 6.12. The summed E-state index contributed by atoms with van der Waals surface area (Å²) < 4.78 is 4.01. The fourth-order valence-electron chi connectivity index (χ4n) is 1.84. The van der Waals surface area contributed by atoms with Crippen LogP contribution in [-0.2, 0) is 4.79 Å². The number of aryl methyl sites for hydroxylation is 1. The molecule has 0 spiro atoms. The molecule has 1 aromatic heterocycles. The summed E-state index contributed by atoms with van der Waals surface area (Å²) >= 11 is 1.01. The number of hydrogen-bond acceptors (Lipinski definition) is 5. The van der Waals surface area contributed by atoms with E-state index in [2.05, 4.69) is 4.37 Å². The van der Waals surface area contributed by atoms with Crippen molar-refractivity contribution >= 4 is 28.4 Å². The van der Waals surface area contributed by atoms with Crippen LogP contribution in [0.4, 0.5) is 5.00 Å². The number of amides is 1. The summed E-state index contributed by atoms with van der Waals surface area (Å²) in [5, 5.41) is 9.53. The maximum absolute atomic E-state index is 12.3. The standard InChI is InChI=1S/C12H19N3O3S/c1-6(2)8(5-13)10(16)15(4)11-9(12(17)18)7(3)14-19-11/h6,8H,5,13H2,1-4H3,(H,17,18). The van der Waals surface area contributed by atoms with E-state index in [9.17, 15) is 14.7 Å². The third kappa shape index (κ3) is 3.10. The van der Waals surface area contributed by atoms with Crippen molar-refractivity contribution in [1.82, 2.24) is 4.37 Å². The highest BCUT2D eigenvalue weighted by atomic mass is 32.1. The van der Waals surface area contributed by atoms with Crippen LogP contribution in [0, 0.1) is 18.8 Å². The number of anilines is 1. The number of hydrogen-bond donors (Lipinski definition) is 2. The third-order valence-electron chi connectivity index (χ3n) is 3.07. The summed E-state index contributed by atoms with van der Waals surface area (Å²) in [6.07, 6.45) is 0. The van der Waals surface area contributed by atoms with Gasteiger partial charge in [0.25, 0.3) is 0 Å². The molecule has 6 nitrogen and oxygen atoms in total. The van der Waals surface area contributed by atoms with Crippen LogP contribution in [0.1, 0.15) is 29.9 Å². The van der Waals surface area contributed by atoms with Crippen LogP contribution in [-0.4, -0.2) is 34.9 Å². The van der Waals surface area contributed by atoms with Crippen molar-refractivity contribution in [3.8, 4) is 0 Å². The molecule has 1 atom stereocenters. The second kappa shape index (κ2) is 6.12. The van der Waals surface area contributed by atoms with Gasteiger partial charge in [0.2, 0.25) is 5.91 Å². The Morgan fingerprint density at radius 2 is 2.05 bits per heavy atom. The quantitative estimate of drug-likeness (QED) is 0.851. The molecule has 1 heterocycles. The predicted molar refractivity (Wildman–Crippen MR) is 74.6 cm³/mol. The first-order valence-electron chi connectivity index (χ1n) is 5.98. The first kappa shape index (κ1) is 15.6. The monoisotopic (exact) mass is 285 g/mol. The Morgan fingerprint density at radius 1 is 1.47 bits per heavy atom. The lowest BCUT2D eigenvalue weighted by Crippen LogP contribution is -2.39. The first-order valence-corrected chi connectivity index (χ1v) is 6.75. The molecule has 19 heavy (non-hydrogen) atoms. The normalized spacial score (nSPS) is 12.5. The van der Waals surface area contributed by atoms with Crippen molar-refractivity contribution in [2.75, 3.05) is 18.5 Å². The number of carbonyl (C=O) groups is 2. The van der Waals surface area contributed by atoms with Crippen LogP contribution in [0.2, 0.25) is 0 Å². The van der Waals surface area contributed by atoms with E-state index >= 15 is 0 Å². The zero-order chi connectivity index (χ0) is 14.7. The summed E-state index contributed by atoms with van der Waals surface area (Å²) in [7, 11) is 1.56. The second-order valence-electron chi connectivity index (χ2n) is 4.74. The molecule has 1 unspecified atom stereocenters. The SMILES string of the molecule is Cc1nsc(N(C)C(=O)C(CN)C(C)C)c1C(=O)O. The van der Waals surface area contributed by atoms with Crippen molar-refractivity contribution in [1.29, 1.82) is 0 Å². The molecule has 0 bridgehead atoms. The molecule has 0 saturated carbocycles. The van der Waals surface area contributed by atoms with E-state index in [1.54, 1.807) is 14.0 Å². The molecule has 7 heteroatoms. The molecular formula is C12H19N3O3S. The Labute approximate surface area is 116 Å². The number of aromatic carboxylic acids is 1. The average molecular weight is 285 g/mol. The van der Waals surface area contributed by atoms with Gasteiger partial charge in [-0.1, -0.05) is 13.8 Å². The lowest BCUT2D eigenvalue weighted by Gasteiger charge is -2.24. The highest BCUT2D eigenvalue weighted by Gasteiger charge is 2.29. The fraction of sp³-hybridized carbons (Fsp3) is 0.583.